The fourth-order valence-corrected chi connectivity index (χ4v) is 3.08. The summed E-state index contributed by atoms with van der Waals surface area (Å²) in [5.41, 5.74) is 2.40. The molecule has 1 aromatic heterocycles. The van der Waals surface area contributed by atoms with Gasteiger partial charge in [0.1, 0.15) is 11.0 Å². The van der Waals surface area contributed by atoms with Crippen molar-refractivity contribution in [3.8, 4) is 0 Å². The maximum Gasteiger partial charge on any atom is 0.130 e. The highest BCUT2D eigenvalue weighted by molar-refractivity contribution is 7.00. The normalized spacial score (nSPS) is 17.7. The van der Waals surface area contributed by atoms with E-state index in [4.69, 9.17) is 27.9 Å². The third kappa shape index (κ3) is 2.05. The highest BCUT2D eigenvalue weighted by Gasteiger charge is 2.33. The molecule has 0 amide bonds. The molecule has 0 aliphatic carbocycles. The van der Waals surface area contributed by atoms with Crippen LogP contribution in [-0.4, -0.2) is 28.5 Å². The second-order valence-corrected chi connectivity index (χ2v) is 6.18. The van der Waals surface area contributed by atoms with Gasteiger partial charge in [-0.1, -0.05) is 30.1 Å². The molecule has 96 valence electrons. The predicted octanol–water partition coefficient (Wildman–Crippen LogP) is 3.45. The first-order valence-corrected chi connectivity index (χ1v) is 7.00. The van der Waals surface area contributed by atoms with E-state index in [1.54, 1.807) is 6.07 Å². The number of fused-ring (bicyclic) bond motifs is 1. The van der Waals surface area contributed by atoms with Crippen molar-refractivity contribution in [2.45, 2.75) is 6.92 Å². The van der Waals surface area contributed by atoms with Gasteiger partial charge in [0.15, 0.2) is 0 Å². The van der Waals surface area contributed by atoms with Gasteiger partial charge >= 0.3 is 0 Å². The highest BCUT2D eigenvalue weighted by Crippen LogP contribution is 2.36. The van der Waals surface area contributed by atoms with Crippen LogP contribution >= 0.6 is 34.9 Å². The van der Waals surface area contributed by atoms with Gasteiger partial charge in [-0.15, -0.1) is 0 Å². The predicted molar refractivity (Wildman–Crippen MR) is 74.9 cm³/mol. The molecule has 1 fully saturated rings. The zero-order valence-corrected chi connectivity index (χ0v) is 12.0. The molecule has 1 aliphatic rings. The number of halogens is 2. The van der Waals surface area contributed by atoms with Gasteiger partial charge in [-0.25, -0.2) is 0 Å². The maximum atomic E-state index is 6.21. The van der Waals surface area contributed by atoms with Crippen molar-refractivity contribution in [2.24, 2.45) is 5.41 Å². The molecule has 0 unspecified atom stereocenters. The monoisotopic (exact) mass is 303 g/mol. The molecular formula is C11H11Cl2N3OS. The molecule has 0 saturated carbocycles. The summed E-state index contributed by atoms with van der Waals surface area (Å²) in [6.45, 7) is 4.50. The lowest BCUT2D eigenvalue weighted by Gasteiger charge is -2.38. The Hall–Kier alpha value is -0.620. The molecule has 0 spiro atoms. The van der Waals surface area contributed by atoms with Gasteiger partial charge < -0.3 is 10.1 Å². The molecule has 1 aromatic carbocycles. The van der Waals surface area contributed by atoms with Crippen molar-refractivity contribution >= 4 is 51.7 Å². The Morgan fingerprint density at radius 2 is 2.06 bits per heavy atom. The van der Waals surface area contributed by atoms with E-state index in [1.165, 1.54) is 0 Å². The Bertz CT molecular complexity index is 597. The molecule has 0 bridgehead atoms. The zero-order valence-electron chi connectivity index (χ0n) is 9.67. The van der Waals surface area contributed by atoms with Crippen LogP contribution in [0.25, 0.3) is 11.0 Å². The fraction of sp³-hybridized carbons (Fsp3) is 0.455. The Balaban J connectivity index is 1.93. The molecular weight excluding hydrogens is 293 g/mol. The molecule has 1 saturated heterocycles. The first-order valence-electron chi connectivity index (χ1n) is 5.51. The lowest BCUT2D eigenvalue weighted by Crippen LogP contribution is -2.45. The summed E-state index contributed by atoms with van der Waals surface area (Å²) >= 11 is 13.4. The molecule has 1 aliphatic heterocycles. The Morgan fingerprint density at radius 3 is 2.72 bits per heavy atom. The van der Waals surface area contributed by atoms with Crippen molar-refractivity contribution in [1.29, 1.82) is 0 Å². The van der Waals surface area contributed by atoms with E-state index < -0.39 is 0 Å². The molecule has 4 nitrogen and oxygen atoms in total. The third-order valence-corrected chi connectivity index (χ3v) is 4.15. The van der Waals surface area contributed by atoms with Gasteiger partial charge in [0.2, 0.25) is 0 Å². The quantitative estimate of drug-likeness (QED) is 0.943. The molecule has 2 heterocycles. The number of anilines is 1. The summed E-state index contributed by atoms with van der Waals surface area (Å²) in [4.78, 5) is 0. The number of nitrogens with zero attached hydrogens (tertiary/aromatic N) is 2. The van der Waals surface area contributed by atoms with Crippen molar-refractivity contribution in [2.75, 3.05) is 25.1 Å². The number of hydrogen-bond donors (Lipinski definition) is 1. The molecule has 7 heteroatoms. The molecule has 0 atom stereocenters. The number of rotatable bonds is 3. The number of aromatic nitrogens is 2. The van der Waals surface area contributed by atoms with Gasteiger partial charge in [0, 0.05) is 12.0 Å². The SMILES string of the molecule is CC1(CNc2c(Cl)cc(Cl)c3nsnc23)COC1. The Labute approximate surface area is 119 Å². The largest absolute Gasteiger partial charge is 0.381 e. The van der Waals surface area contributed by atoms with Gasteiger partial charge in [-0.05, 0) is 6.07 Å². The average molecular weight is 304 g/mol. The number of benzene rings is 1. The van der Waals surface area contributed by atoms with Crippen molar-refractivity contribution < 1.29 is 4.74 Å². The van der Waals surface area contributed by atoms with Crippen molar-refractivity contribution in [1.82, 2.24) is 8.75 Å². The minimum Gasteiger partial charge on any atom is -0.381 e. The van der Waals surface area contributed by atoms with Crippen molar-refractivity contribution in [3.05, 3.63) is 16.1 Å². The number of nitrogens with one attached hydrogen (secondary N) is 1. The summed E-state index contributed by atoms with van der Waals surface area (Å²) in [5, 5.41) is 4.45. The summed E-state index contributed by atoms with van der Waals surface area (Å²) < 4.78 is 13.7. The van der Waals surface area contributed by atoms with E-state index in [9.17, 15) is 0 Å². The third-order valence-electron chi connectivity index (χ3n) is 3.04. The van der Waals surface area contributed by atoms with Crippen LogP contribution in [0.1, 0.15) is 6.92 Å². The smallest absolute Gasteiger partial charge is 0.130 e. The minimum atomic E-state index is 0.165. The number of hydrogen-bond acceptors (Lipinski definition) is 5. The van der Waals surface area contributed by atoms with Gasteiger partial charge in [0.05, 0.1) is 40.7 Å². The molecule has 0 radical (unpaired) electrons. The highest BCUT2D eigenvalue weighted by atomic mass is 35.5. The topological polar surface area (TPSA) is 47.0 Å². The van der Waals surface area contributed by atoms with Crippen LogP contribution in [0, 0.1) is 5.41 Å². The van der Waals surface area contributed by atoms with E-state index in [2.05, 4.69) is 21.0 Å². The second kappa shape index (κ2) is 4.49. The first-order chi connectivity index (χ1) is 8.59. The lowest BCUT2D eigenvalue weighted by atomic mass is 9.88. The first kappa shape index (κ1) is 12.4. The fourth-order valence-electron chi connectivity index (χ4n) is 1.90. The summed E-state index contributed by atoms with van der Waals surface area (Å²) in [7, 11) is 0. The second-order valence-electron chi connectivity index (χ2n) is 4.83. The molecule has 1 N–H and O–H groups in total. The van der Waals surface area contributed by atoms with Crippen LogP contribution in [0.3, 0.4) is 0 Å². The van der Waals surface area contributed by atoms with Crippen LogP contribution in [0.15, 0.2) is 6.07 Å². The van der Waals surface area contributed by atoms with Gasteiger partial charge in [-0.3, -0.25) is 0 Å². The molecule has 18 heavy (non-hydrogen) atoms. The van der Waals surface area contributed by atoms with Gasteiger partial charge in [-0.2, -0.15) is 8.75 Å². The van der Waals surface area contributed by atoms with Crippen molar-refractivity contribution in [3.63, 3.8) is 0 Å². The zero-order chi connectivity index (χ0) is 12.8. The Kier molecular flexibility index (Phi) is 3.10. The van der Waals surface area contributed by atoms with Crippen LogP contribution in [0.5, 0.6) is 0 Å². The standard InChI is InChI=1S/C11H11Cl2N3OS/c1-11(4-17-5-11)3-14-8-6(12)2-7(13)9-10(8)16-18-15-9/h2,14H,3-5H2,1H3. The van der Waals surface area contributed by atoms with E-state index in [0.717, 1.165) is 42.7 Å². The summed E-state index contributed by atoms with van der Waals surface area (Å²) in [6.07, 6.45) is 0. The number of ether oxygens (including phenoxy) is 1. The molecule has 2 aromatic rings. The van der Waals surface area contributed by atoms with Crippen LogP contribution in [0.4, 0.5) is 5.69 Å². The molecule has 3 rings (SSSR count). The van der Waals surface area contributed by atoms with E-state index in [1.807, 2.05) is 0 Å². The van der Waals surface area contributed by atoms with Crippen LogP contribution in [-0.2, 0) is 4.74 Å². The summed E-state index contributed by atoms with van der Waals surface area (Å²) in [6, 6.07) is 1.70. The van der Waals surface area contributed by atoms with Crippen LogP contribution < -0.4 is 5.32 Å². The lowest BCUT2D eigenvalue weighted by molar-refractivity contribution is -0.0924. The average Bonchev–Trinajstić information content (AvgIpc) is 2.75. The van der Waals surface area contributed by atoms with E-state index in [-0.39, 0.29) is 5.41 Å². The minimum absolute atomic E-state index is 0.165. The van der Waals surface area contributed by atoms with E-state index in [0.29, 0.717) is 15.6 Å². The maximum absolute atomic E-state index is 6.21. The van der Waals surface area contributed by atoms with Crippen LogP contribution in [0.2, 0.25) is 10.0 Å². The Morgan fingerprint density at radius 1 is 1.33 bits per heavy atom. The van der Waals surface area contributed by atoms with Gasteiger partial charge in [0.25, 0.3) is 0 Å². The van der Waals surface area contributed by atoms with E-state index >= 15 is 0 Å². The summed E-state index contributed by atoms with van der Waals surface area (Å²) in [5.74, 6) is 0.